The third kappa shape index (κ3) is 5.17. The van der Waals surface area contributed by atoms with Gasteiger partial charge < -0.3 is 15.4 Å². The summed E-state index contributed by atoms with van der Waals surface area (Å²) in [6.07, 6.45) is 2.32. The Kier molecular flexibility index (Phi) is 6.39. The van der Waals surface area contributed by atoms with Gasteiger partial charge in [-0.05, 0) is 30.5 Å². The van der Waals surface area contributed by atoms with Crippen LogP contribution >= 0.6 is 0 Å². The van der Waals surface area contributed by atoms with Gasteiger partial charge in [0, 0.05) is 18.7 Å². The van der Waals surface area contributed by atoms with Gasteiger partial charge in [0.2, 0.25) is 5.91 Å². The van der Waals surface area contributed by atoms with Crippen LogP contribution in [-0.2, 0) is 9.53 Å². The van der Waals surface area contributed by atoms with Crippen LogP contribution in [0.1, 0.15) is 41.2 Å². The molecule has 0 unspecified atom stereocenters. The quantitative estimate of drug-likeness (QED) is 0.805. The fourth-order valence-corrected chi connectivity index (χ4v) is 3.06. The molecule has 2 N–H and O–H groups in total. The molecule has 2 aromatic carbocycles. The fraction of sp³-hybridized carbons (Fsp3) is 0.333. The first kappa shape index (κ1) is 18.1. The number of benzene rings is 2. The van der Waals surface area contributed by atoms with Crippen molar-refractivity contribution in [3.8, 4) is 0 Å². The predicted molar refractivity (Wildman–Crippen MR) is 99.7 cm³/mol. The Morgan fingerprint density at radius 1 is 1.04 bits per heavy atom. The third-order valence-electron chi connectivity index (χ3n) is 4.48. The molecule has 5 nitrogen and oxygen atoms in total. The number of carbonyl (C=O) groups is 2. The summed E-state index contributed by atoms with van der Waals surface area (Å²) in [6, 6.07) is 18.2. The van der Waals surface area contributed by atoms with E-state index in [9.17, 15) is 9.59 Å². The summed E-state index contributed by atoms with van der Waals surface area (Å²) in [7, 11) is 0. The summed E-state index contributed by atoms with van der Waals surface area (Å²) in [6.45, 7) is 1.29. The maximum absolute atomic E-state index is 12.5. The highest BCUT2D eigenvalue weighted by molar-refractivity contribution is 5.94. The molecule has 0 bridgehead atoms. The van der Waals surface area contributed by atoms with Gasteiger partial charge in [0.25, 0.3) is 5.91 Å². The Balaban J connectivity index is 1.63. The molecular formula is C21H24N2O3. The zero-order valence-electron chi connectivity index (χ0n) is 14.7. The van der Waals surface area contributed by atoms with E-state index < -0.39 is 0 Å². The van der Waals surface area contributed by atoms with Crippen molar-refractivity contribution in [2.24, 2.45) is 0 Å². The van der Waals surface area contributed by atoms with Crippen LogP contribution in [0.3, 0.4) is 0 Å². The first-order chi connectivity index (χ1) is 12.7. The molecule has 1 aliphatic rings. The van der Waals surface area contributed by atoms with E-state index in [1.54, 1.807) is 12.1 Å². The van der Waals surface area contributed by atoms with E-state index in [-0.39, 0.29) is 30.4 Å². The van der Waals surface area contributed by atoms with Gasteiger partial charge in [0.05, 0.1) is 18.6 Å². The minimum atomic E-state index is -0.381. The fourth-order valence-electron chi connectivity index (χ4n) is 3.06. The first-order valence-electron chi connectivity index (χ1n) is 9.01. The summed E-state index contributed by atoms with van der Waals surface area (Å²) >= 11 is 0. The summed E-state index contributed by atoms with van der Waals surface area (Å²) in [4.78, 5) is 24.9. The van der Waals surface area contributed by atoms with Crippen LogP contribution in [0.2, 0.25) is 0 Å². The van der Waals surface area contributed by atoms with Crippen molar-refractivity contribution in [2.45, 2.75) is 31.4 Å². The summed E-state index contributed by atoms with van der Waals surface area (Å²) in [5.74, 6) is -0.283. The zero-order valence-corrected chi connectivity index (χ0v) is 14.7. The lowest BCUT2D eigenvalue weighted by Gasteiger charge is -2.20. The molecule has 2 atom stereocenters. The van der Waals surface area contributed by atoms with Crippen LogP contribution in [0.25, 0.3) is 0 Å². The molecule has 2 aromatic rings. The average molecular weight is 352 g/mol. The van der Waals surface area contributed by atoms with E-state index >= 15 is 0 Å². The Morgan fingerprint density at radius 3 is 2.38 bits per heavy atom. The SMILES string of the molecule is O=C(C[C@H](NC(=O)c1ccccc1)c1ccccc1)NC[C@@H]1CCCO1. The molecule has 0 radical (unpaired) electrons. The van der Waals surface area contributed by atoms with E-state index in [1.807, 2.05) is 48.5 Å². The van der Waals surface area contributed by atoms with Crippen LogP contribution in [0.5, 0.6) is 0 Å². The number of carbonyl (C=O) groups excluding carboxylic acids is 2. The molecule has 0 aliphatic carbocycles. The van der Waals surface area contributed by atoms with Crippen molar-refractivity contribution in [3.63, 3.8) is 0 Å². The summed E-state index contributed by atoms with van der Waals surface area (Å²) < 4.78 is 5.53. The van der Waals surface area contributed by atoms with Gasteiger partial charge >= 0.3 is 0 Å². The van der Waals surface area contributed by atoms with E-state index in [1.165, 1.54) is 0 Å². The van der Waals surface area contributed by atoms with Gasteiger partial charge in [-0.15, -0.1) is 0 Å². The molecule has 136 valence electrons. The molecule has 26 heavy (non-hydrogen) atoms. The van der Waals surface area contributed by atoms with E-state index in [2.05, 4.69) is 10.6 Å². The van der Waals surface area contributed by atoms with Crippen LogP contribution in [0.4, 0.5) is 0 Å². The maximum Gasteiger partial charge on any atom is 0.251 e. The molecule has 1 fully saturated rings. The standard InChI is InChI=1S/C21H24N2O3/c24-20(22-15-18-12-7-13-26-18)14-19(16-8-3-1-4-9-16)23-21(25)17-10-5-2-6-11-17/h1-6,8-11,18-19H,7,12-15H2,(H,22,24)(H,23,25)/t18-,19-/m0/s1. The van der Waals surface area contributed by atoms with Crippen molar-refractivity contribution in [1.29, 1.82) is 0 Å². The Labute approximate surface area is 153 Å². The second kappa shape index (κ2) is 9.15. The molecule has 1 saturated heterocycles. The van der Waals surface area contributed by atoms with Crippen molar-refractivity contribution in [1.82, 2.24) is 10.6 Å². The molecule has 5 heteroatoms. The highest BCUT2D eigenvalue weighted by Crippen LogP contribution is 2.18. The van der Waals surface area contributed by atoms with Gasteiger partial charge in [-0.25, -0.2) is 0 Å². The number of hydrogen-bond acceptors (Lipinski definition) is 3. The van der Waals surface area contributed by atoms with Crippen molar-refractivity contribution < 1.29 is 14.3 Å². The molecule has 3 rings (SSSR count). The molecule has 2 amide bonds. The highest BCUT2D eigenvalue weighted by atomic mass is 16.5. The topological polar surface area (TPSA) is 67.4 Å². The lowest BCUT2D eigenvalue weighted by Crippen LogP contribution is -2.36. The van der Waals surface area contributed by atoms with Gasteiger partial charge in [0.1, 0.15) is 0 Å². The summed E-state index contributed by atoms with van der Waals surface area (Å²) in [5, 5.41) is 5.90. The Morgan fingerprint density at radius 2 is 1.73 bits per heavy atom. The zero-order chi connectivity index (χ0) is 18.2. The second-order valence-electron chi connectivity index (χ2n) is 6.45. The van der Waals surface area contributed by atoms with Crippen LogP contribution in [0, 0.1) is 0 Å². The number of ether oxygens (including phenoxy) is 1. The molecule has 0 aromatic heterocycles. The third-order valence-corrected chi connectivity index (χ3v) is 4.48. The van der Waals surface area contributed by atoms with Crippen molar-refractivity contribution in [3.05, 3.63) is 71.8 Å². The largest absolute Gasteiger partial charge is 0.376 e. The Bertz CT molecular complexity index is 713. The number of hydrogen-bond donors (Lipinski definition) is 2. The first-order valence-corrected chi connectivity index (χ1v) is 9.01. The van der Waals surface area contributed by atoms with E-state index in [0.29, 0.717) is 12.1 Å². The summed E-state index contributed by atoms with van der Waals surface area (Å²) in [5.41, 5.74) is 1.48. The number of amides is 2. The average Bonchev–Trinajstić information content (AvgIpc) is 3.21. The van der Waals surface area contributed by atoms with Crippen molar-refractivity contribution >= 4 is 11.8 Å². The molecule has 1 heterocycles. The van der Waals surface area contributed by atoms with Crippen LogP contribution in [0.15, 0.2) is 60.7 Å². The lowest BCUT2D eigenvalue weighted by atomic mass is 10.0. The van der Waals surface area contributed by atoms with Gasteiger partial charge in [-0.1, -0.05) is 48.5 Å². The normalized spacial score (nSPS) is 17.5. The van der Waals surface area contributed by atoms with Gasteiger partial charge in [-0.2, -0.15) is 0 Å². The van der Waals surface area contributed by atoms with E-state index in [4.69, 9.17) is 4.74 Å². The van der Waals surface area contributed by atoms with Crippen LogP contribution in [-0.4, -0.2) is 31.1 Å². The second-order valence-corrected chi connectivity index (χ2v) is 6.45. The predicted octanol–water partition coefficient (Wildman–Crippen LogP) is 2.84. The minimum absolute atomic E-state index is 0.0947. The number of rotatable bonds is 7. The smallest absolute Gasteiger partial charge is 0.251 e. The number of nitrogens with one attached hydrogen (secondary N) is 2. The molecule has 0 spiro atoms. The van der Waals surface area contributed by atoms with Gasteiger partial charge in [0.15, 0.2) is 0 Å². The van der Waals surface area contributed by atoms with Gasteiger partial charge in [-0.3, -0.25) is 9.59 Å². The van der Waals surface area contributed by atoms with Crippen LogP contribution < -0.4 is 10.6 Å². The molecule has 1 aliphatic heterocycles. The maximum atomic E-state index is 12.5. The van der Waals surface area contributed by atoms with Crippen molar-refractivity contribution in [2.75, 3.05) is 13.2 Å². The molecule has 0 saturated carbocycles. The highest BCUT2D eigenvalue weighted by Gasteiger charge is 2.21. The Hall–Kier alpha value is -2.66. The minimum Gasteiger partial charge on any atom is -0.376 e. The van der Waals surface area contributed by atoms with E-state index in [0.717, 1.165) is 25.0 Å². The molecular weight excluding hydrogens is 328 g/mol. The monoisotopic (exact) mass is 352 g/mol. The lowest BCUT2D eigenvalue weighted by molar-refractivity contribution is -0.122.